The maximum atomic E-state index is 11.8. The van der Waals surface area contributed by atoms with Crippen LogP contribution in [-0.4, -0.2) is 6.29 Å². The van der Waals surface area contributed by atoms with Gasteiger partial charge in [0.25, 0.3) is 0 Å². The molecule has 0 N–H and O–H groups in total. The molecule has 1 aromatic rings. The van der Waals surface area contributed by atoms with E-state index in [0.717, 1.165) is 43.4 Å². The van der Waals surface area contributed by atoms with Gasteiger partial charge in [0.2, 0.25) is 0 Å². The molecule has 0 amide bonds. The van der Waals surface area contributed by atoms with E-state index in [4.69, 9.17) is 5.26 Å². The number of nitriles is 1. The van der Waals surface area contributed by atoms with Crippen molar-refractivity contribution in [2.45, 2.75) is 96.3 Å². The van der Waals surface area contributed by atoms with Crippen molar-refractivity contribution in [3.05, 3.63) is 47.5 Å². The molecule has 0 aromatic heterocycles. The standard InChI is InChI=1S/C28H39NO/c1-2-3-7-23-8-10-24(11-9-23)25-12-14-26(15-13-25)27-16-19-28(22-30,20-17-27)18-5-4-6-21-29/h4,6,8-11,22,25-27H,2-3,5,7,12-20H2,1H3. The van der Waals surface area contributed by atoms with Crippen molar-refractivity contribution >= 4 is 6.29 Å². The zero-order valence-electron chi connectivity index (χ0n) is 18.8. The van der Waals surface area contributed by atoms with Gasteiger partial charge in [-0.25, -0.2) is 0 Å². The second-order valence-corrected chi connectivity index (χ2v) is 9.84. The lowest BCUT2D eigenvalue weighted by atomic mass is 9.63. The molecule has 0 saturated heterocycles. The Morgan fingerprint density at radius 3 is 2.30 bits per heavy atom. The first-order valence-electron chi connectivity index (χ1n) is 12.3. The maximum absolute atomic E-state index is 11.8. The van der Waals surface area contributed by atoms with Gasteiger partial charge < -0.3 is 4.79 Å². The second kappa shape index (κ2) is 11.5. The minimum atomic E-state index is -0.132. The van der Waals surface area contributed by atoms with Crippen LogP contribution in [0.1, 0.15) is 101 Å². The molecule has 0 heterocycles. The number of nitrogens with zero attached hydrogens (tertiary/aromatic N) is 1. The summed E-state index contributed by atoms with van der Waals surface area (Å²) in [6, 6.07) is 11.5. The molecule has 1 aromatic carbocycles. The van der Waals surface area contributed by atoms with Crippen molar-refractivity contribution in [2.75, 3.05) is 0 Å². The molecule has 3 rings (SSSR count). The van der Waals surface area contributed by atoms with Crippen molar-refractivity contribution in [1.29, 1.82) is 5.26 Å². The Kier molecular flexibility index (Phi) is 8.74. The highest BCUT2D eigenvalue weighted by Crippen LogP contribution is 2.47. The Balaban J connectivity index is 1.45. The fourth-order valence-corrected chi connectivity index (χ4v) is 5.88. The van der Waals surface area contributed by atoms with E-state index in [-0.39, 0.29) is 5.41 Å². The molecule has 0 atom stereocenters. The minimum Gasteiger partial charge on any atom is -0.303 e. The van der Waals surface area contributed by atoms with Crippen LogP contribution in [0.25, 0.3) is 0 Å². The van der Waals surface area contributed by atoms with E-state index in [2.05, 4.69) is 31.2 Å². The van der Waals surface area contributed by atoms with Crippen molar-refractivity contribution < 1.29 is 4.79 Å². The van der Waals surface area contributed by atoms with Gasteiger partial charge in [0, 0.05) is 11.5 Å². The van der Waals surface area contributed by atoms with Gasteiger partial charge in [-0.1, -0.05) is 43.7 Å². The summed E-state index contributed by atoms with van der Waals surface area (Å²) in [5.74, 6) is 2.41. The molecule has 162 valence electrons. The molecule has 0 aliphatic heterocycles. The van der Waals surface area contributed by atoms with Crippen LogP contribution in [0, 0.1) is 28.6 Å². The number of aldehydes is 1. The Morgan fingerprint density at radius 2 is 1.70 bits per heavy atom. The zero-order valence-corrected chi connectivity index (χ0v) is 18.8. The summed E-state index contributed by atoms with van der Waals surface area (Å²) in [5, 5.41) is 8.63. The predicted octanol–water partition coefficient (Wildman–Crippen LogP) is 7.54. The van der Waals surface area contributed by atoms with Gasteiger partial charge in [-0.3, -0.25) is 0 Å². The summed E-state index contributed by atoms with van der Waals surface area (Å²) in [7, 11) is 0. The van der Waals surface area contributed by atoms with E-state index in [9.17, 15) is 4.79 Å². The molecule has 0 spiro atoms. The number of benzene rings is 1. The summed E-state index contributed by atoms with van der Waals surface area (Å²) in [6.07, 6.45) is 20.1. The third kappa shape index (κ3) is 6.07. The van der Waals surface area contributed by atoms with Crippen LogP contribution < -0.4 is 0 Å². The van der Waals surface area contributed by atoms with Crippen LogP contribution in [0.15, 0.2) is 36.4 Å². The Hall–Kier alpha value is -1.88. The molecule has 2 nitrogen and oxygen atoms in total. The van der Waals surface area contributed by atoms with Crippen LogP contribution in [0.3, 0.4) is 0 Å². The quantitative estimate of drug-likeness (QED) is 0.314. The first-order chi connectivity index (χ1) is 14.7. The summed E-state index contributed by atoms with van der Waals surface area (Å²) in [4.78, 5) is 11.8. The van der Waals surface area contributed by atoms with Gasteiger partial charge in [0.1, 0.15) is 6.29 Å². The Bertz CT molecular complexity index is 710. The molecular weight excluding hydrogens is 366 g/mol. The van der Waals surface area contributed by atoms with Gasteiger partial charge in [-0.15, -0.1) is 0 Å². The first-order valence-corrected chi connectivity index (χ1v) is 12.3. The highest BCUT2D eigenvalue weighted by Gasteiger charge is 2.38. The van der Waals surface area contributed by atoms with E-state index in [0.29, 0.717) is 0 Å². The molecule has 0 radical (unpaired) electrons. The molecular formula is C28H39NO. The number of carbonyl (C=O) groups excluding carboxylic acids is 1. The zero-order chi connectivity index (χ0) is 21.2. The number of unbranched alkanes of at least 4 members (excludes halogenated alkanes) is 1. The molecule has 2 fully saturated rings. The molecule has 2 heteroatoms. The van der Waals surface area contributed by atoms with Crippen molar-refractivity contribution in [1.82, 2.24) is 0 Å². The SMILES string of the molecule is CCCCc1ccc(C2CCC(C3CCC(C=O)(CCC=CC#N)CC3)CC2)cc1. The number of hydrogen-bond donors (Lipinski definition) is 0. The number of rotatable bonds is 9. The lowest BCUT2D eigenvalue weighted by Gasteiger charge is -2.41. The van der Waals surface area contributed by atoms with Crippen molar-refractivity contribution in [3.63, 3.8) is 0 Å². The molecule has 0 bridgehead atoms. The largest absolute Gasteiger partial charge is 0.303 e. The molecule has 2 aliphatic rings. The van der Waals surface area contributed by atoms with Gasteiger partial charge in [-0.05, 0) is 106 Å². The normalized spacial score (nSPS) is 29.5. The first kappa shape index (κ1) is 22.8. The van der Waals surface area contributed by atoms with E-state index in [1.165, 1.54) is 69.6 Å². The average Bonchev–Trinajstić information content (AvgIpc) is 2.81. The molecule has 2 aliphatic carbocycles. The predicted molar refractivity (Wildman–Crippen MR) is 124 cm³/mol. The molecule has 2 saturated carbocycles. The lowest BCUT2D eigenvalue weighted by Crippen LogP contribution is -2.32. The lowest BCUT2D eigenvalue weighted by molar-refractivity contribution is -0.119. The van der Waals surface area contributed by atoms with Gasteiger partial charge in [0.15, 0.2) is 0 Å². The third-order valence-corrected chi connectivity index (χ3v) is 7.99. The second-order valence-electron chi connectivity index (χ2n) is 9.84. The number of allylic oxidation sites excluding steroid dienone is 2. The number of carbonyl (C=O) groups is 1. The highest BCUT2D eigenvalue weighted by molar-refractivity contribution is 5.59. The fourth-order valence-electron chi connectivity index (χ4n) is 5.88. The van der Waals surface area contributed by atoms with Gasteiger partial charge in [-0.2, -0.15) is 5.26 Å². The topological polar surface area (TPSA) is 40.9 Å². The maximum Gasteiger partial charge on any atom is 0.126 e. The summed E-state index contributed by atoms with van der Waals surface area (Å²) in [6.45, 7) is 2.26. The number of aryl methyl sites for hydroxylation is 1. The fraction of sp³-hybridized carbons (Fsp3) is 0.643. The monoisotopic (exact) mass is 405 g/mol. The van der Waals surface area contributed by atoms with Crippen LogP contribution in [0.5, 0.6) is 0 Å². The smallest absolute Gasteiger partial charge is 0.126 e. The van der Waals surface area contributed by atoms with E-state index in [1.54, 1.807) is 11.6 Å². The highest BCUT2D eigenvalue weighted by atomic mass is 16.1. The Morgan fingerprint density at radius 1 is 1.03 bits per heavy atom. The Labute approximate surface area is 183 Å². The van der Waals surface area contributed by atoms with E-state index in [1.807, 2.05) is 12.1 Å². The molecule has 0 unspecified atom stereocenters. The van der Waals surface area contributed by atoms with Crippen molar-refractivity contribution in [2.24, 2.45) is 17.3 Å². The minimum absolute atomic E-state index is 0.132. The third-order valence-electron chi connectivity index (χ3n) is 7.99. The van der Waals surface area contributed by atoms with Crippen LogP contribution in [-0.2, 0) is 11.2 Å². The molecule has 30 heavy (non-hydrogen) atoms. The summed E-state index contributed by atoms with van der Waals surface area (Å²) >= 11 is 0. The van der Waals surface area contributed by atoms with E-state index < -0.39 is 0 Å². The van der Waals surface area contributed by atoms with Crippen LogP contribution in [0.4, 0.5) is 0 Å². The van der Waals surface area contributed by atoms with Crippen molar-refractivity contribution in [3.8, 4) is 6.07 Å². The average molecular weight is 406 g/mol. The van der Waals surface area contributed by atoms with E-state index >= 15 is 0 Å². The van der Waals surface area contributed by atoms with Gasteiger partial charge in [0.05, 0.1) is 6.07 Å². The van der Waals surface area contributed by atoms with Crippen LogP contribution in [0.2, 0.25) is 0 Å². The van der Waals surface area contributed by atoms with Crippen LogP contribution >= 0.6 is 0 Å². The van der Waals surface area contributed by atoms with Gasteiger partial charge >= 0.3 is 0 Å². The summed E-state index contributed by atoms with van der Waals surface area (Å²) in [5.41, 5.74) is 2.90. The summed E-state index contributed by atoms with van der Waals surface area (Å²) < 4.78 is 0. The number of hydrogen-bond acceptors (Lipinski definition) is 2.